The maximum Gasteiger partial charge on any atom is 0.216 e. The maximum atomic E-state index is 11.9. The average molecular weight is 516 g/mol. The molecule has 0 aromatic rings. The summed E-state index contributed by atoms with van der Waals surface area (Å²) in [6, 6.07) is 0. The van der Waals surface area contributed by atoms with E-state index in [0.717, 1.165) is 51.4 Å². The molecular formula is C32H53NO4. The summed E-state index contributed by atoms with van der Waals surface area (Å²) < 4.78 is 6.83. The molecule has 3 N–H and O–H groups in total. The van der Waals surface area contributed by atoms with Crippen molar-refractivity contribution in [2.75, 3.05) is 6.54 Å². The molecule has 1 heterocycles. The molecule has 5 nitrogen and oxygen atoms in total. The number of aliphatic hydroxyl groups is 2. The Morgan fingerprint density at radius 2 is 1.95 bits per heavy atom. The number of fused-ring (bicyclic) bond motifs is 7. The molecule has 1 aliphatic heterocycles. The Labute approximate surface area is 225 Å². The minimum Gasteiger partial charge on any atom is -0.393 e. The van der Waals surface area contributed by atoms with E-state index in [1.54, 1.807) is 6.92 Å². The maximum absolute atomic E-state index is 11.9. The van der Waals surface area contributed by atoms with Gasteiger partial charge in [0.2, 0.25) is 5.91 Å². The van der Waals surface area contributed by atoms with Gasteiger partial charge in [-0.3, -0.25) is 4.79 Å². The summed E-state index contributed by atoms with van der Waals surface area (Å²) in [5.41, 5.74) is 1.68. The standard InChI is InChI=1S/C32H53NO4/c1-7-8-22(19-33-21(3)34)11-16-32(36)20(2)28-30(5)15-13-26-25(27(30)18-31(28,6)37-32)10-9-23-17-24(35)12-14-29(23,26)4/h9,20,22,24-28,35-36H,7-8,10-19H2,1-6H3,(H,33,34)/t20-,22?,24?,25+,26-,27-,28+,29-,30-,31-,32?/m0/s1. The highest BCUT2D eigenvalue weighted by atomic mass is 16.6. The van der Waals surface area contributed by atoms with Crippen LogP contribution in [0.1, 0.15) is 112 Å². The largest absolute Gasteiger partial charge is 0.393 e. The first-order valence-electron chi connectivity index (χ1n) is 15.4. The predicted octanol–water partition coefficient (Wildman–Crippen LogP) is 5.98. The number of allylic oxidation sites excluding steroid dienone is 1. The number of aliphatic hydroxyl groups excluding tert-OH is 1. The molecule has 5 aliphatic rings. The van der Waals surface area contributed by atoms with Crippen molar-refractivity contribution in [2.24, 2.45) is 46.3 Å². The van der Waals surface area contributed by atoms with Crippen LogP contribution in [0.25, 0.3) is 0 Å². The molecule has 11 atom stereocenters. The van der Waals surface area contributed by atoms with Crippen molar-refractivity contribution >= 4 is 5.91 Å². The lowest BCUT2D eigenvalue weighted by Gasteiger charge is -2.58. The van der Waals surface area contributed by atoms with E-state index in [1.807, 2.05) is 0 Å². The van der Waals surface area contributed by atoms with E-state index in [-0.39, 0.29) is 34.4 Å². The van der Waals surface area contributed by atoms with Crippen molar-refractivity contribution in [3.63, 3.8) is 0 Å². The topological polar surface area (TPSA) is 78.8 Å². The number of nitrogens with one attached hydrogen (secondary N) is 1. The van der Waals surface area contributed by atoms with Crippen LogP contribution < -0.4 is 5.32 Å². The number of carbonyl (C=O) groups is 1. The highest BCUT2D eigenvalue weighted by Crippen LogP contribution is 2.72. The third-order valence-electron chi connectivity index (χ3n) is 12.4. The van der Waals surface area contributed by atoms with E-state index in [4.69, 9.17) is 4.74 Å². The number of amides is 1. The molecule has 0 radical (unpaired) electrons. The fourth-order valence-electron chi connectivity index (χ4n) is 10.7. The van der Waals surface area contributed by atoms with Gasteiger partial charge in [0.1, 0.15) is 0 Å². The molecule has 0 spiro atoms. The second-order valence-corrected chi connectivity index (χ2v) is 14.6. The van der Waals surface area contributed by atoms with E-state index in [1.165, 1.54) is 18.4 Å². The number of ether oxygens (including phenoxy) is 1. The lowest BCUT2D eigenvalue weighted by atomic mass is 9.47. The predicted molar refractivity (Wildman–Crippen MR) is 147 cm³/mol. The second-order valence-electron chi connectivity index (χ2n) is 14.6. The molecule has 0 aromatic heterocycles. The lowest BCUT2D eigenvalue weighted by Crippen LogP contribution is -2.51. The Morgan fingerprint density at radius 1 is 1.19 bits per heavy atom. The van der Waals surface area contributed by atoms with Crippen LogP contribution in [0.4, 0.5) is 0 Å². The Kier molecular flexibility index (Phi) is 7.19. The molecule has 5 heteroatoms. The normalized spacial score (nSPS) is 49.4. The molecule has 210 valence electrons. The quantitative estimate of drug-likeness (QED) is 0.364. The van der Waals surface area contributed by atoms with Crippen LogP contribution in [-0.4, -0.2) is 40.2 Å². The van der Waals surface area contributed by atoms with Crippen LogP contribution in [-0.2, 0) is 9.53 Å². The first-order chi connectivity index (χ1) is 17.4. The second kappa shape index (κ2) is 9.63. The van der Waals surface area contributed by atoms with Crippen LogP contribution in [0.15, 0.2) is 11.6 Å². The molecule has 4 fully saturated rings. The monoisotopic (exact) mass is 515 g/mol. The van der Waals surface area contributed by atoms with E-state index < -0.39 is 5.79 Å². The van der Waals surface area contributed by atoms with Gasteiger partial charge in [-0.15, -0.1) is 0 Å². The summed E-state index contributed by atoms with van der Waals surface area (Å²) in [5, 5.41) is 25.3. The third-order valence-corrected chi connectivity index (χ3v) is 12.4. The zero-order chi connectivity index (χ0) is 26.8. The summed E-state index contributed by atoms with van der Waals surface area (Å²) in [6.45, 7) is 14.0. The molecule has 5 rings (SSSR count). The molecule has 4 aliphatic carbocycles. The minimum absolute atomic E-state index is 0.0184. The summed E-state index contributed by atoms with van der Waals surface area (Å²) >= 11 is 0. The van der Waals surface area contributed by atoms with Crippen LogP contribution in [0, 0.1) is 46.3 Å². The van der Waals surface area contributed by atoms with E-state index in [0.29, 0.717) is 42.6 Å². The van der Waals surface area contributed by atoms with Crippen molar-refractivity contribution < 1.29 is 19.7 Å². The van der Waals surface area contributed by atoms with Crippen molar-refractivity contribution in [3.8, 4) is 0 Å². The Balaban J connectivity index is 1.33. The first kappa shape index (κ1) is 27.6. The summed E-state index contributed by atoms with van der Waals surface area (Å²) in [7, 11) is 0. The van der Waals surface area contributed by atoms with Gasteiger partial charge in [-0.1, -0.05) is 45.8 Å². The highest BCUT2D eigenvalue weighted by Gasteiger charge is 2.72. The van der Waals surface area contributed by atoms with Crippen molar-refractivity contribution in [2.45, 2.75) is 130 Å². The molecule has 3 unspecified atom stereocenters. The van der Waals surface area contributed by atoms with Crippen LogP contribution in [0.3, 0.4) is 0 Å². The van der Waals surface area contributed by atoms with Crippen molar-refractivity contribution in [1.82, 2.24) is 5.32 Å². The first-order valence-corrected chi connectivity index (χ1v) is 15.4. The van der Waals surface area contributed by atoms with Gasteiger partial charge in [-0.25, -0.2) is 0 Å². The minimum atomic E-state index is -1.09. The molecule has 0 bridgehead atoms. The summed E-state index contributed by atoms with van der Waals surface area (Å²) in [6.07, 6.45) is 13.6. The lowest BCUT2D eigenvalue weighted by molar-refractivity contribution is -0.241. The van der Waals surface area contributed by atoms with Gasteiger partial charge in [0.25, 0.3) is 0 Å². The third kappa shape index (κ3) is 4.43. The molecule has 0 aromatic carbocycles. The highest BCUT2D eigenvalue weighted by molar-refractivity contribution is 5.72. The number of rotatable bonds is 7. The van der Waals surface area contributed by atoms with E-state index in [9.17, 15) is 15.0 Å². The summed E-state index contributed by atoms with van der Waals surface area (Å²) in [5.74, 6) is 1.78. The number of hydrogen-bond acceptors (Lipinski definition) is 4. The molecule has 1 amide bonds. The number of hydrogen-bond donors (Lipinski definition) is 3. The molecule has 37 heavy (non-hydrogen) atoms. The fourth-order valence-corrected chi connectivity index (χ4v) is 10.7. The Bertz CT molecular complexity index is 918. The smallest absolute Gasteiger partial charge is 0.216 e. The van der Waals surface area contributed by atoms with Gasteiger partial charge >= 0.3 is 0 Å². The molecule has 3 saturated carbocycles. The average Bonchev–Trinajstić information content (AvgIpc) is 3.18. The molecular weight excluding hydrogens is 462 g/mol. The van der Waals surface area contributed by atoms with Crippen LogP contribution in [0.5, 0.6) is 0 Å². The van der Waals surface area contributed by atoms with Crippen LogP contribution >= 0.6 is 0 Å². The summed E-state index contributed by atoms with van der Waals surface area (Å²) in [4.78, 5) is 11.5. The Morgan fingerprint density at radius 3 is 2.65 bits per heavy atom. The van der Waals surface area contributed by atoms with Gasteiger partial charge in [-0.05, 0) is 99.2 Å². The van der Waals surface area contributed by atoms with Gasteiger partial charge in [0, 0.05) is 31.7 Å². The van der Waals surface area contributed by atoms with Gasteiger partial charge in [0.15, 0.2) is 5.79 Å². The fraction of sp³-hybridized carbons (Fsp3) is 0.906. The SMILES string of the molecule is CCCC(CCC1(O)O[C@@]2(C)C[C@H]3[C@@H]4CC=C5CC(O)CC[C@]5(C)[C@H]4CC[C@]3(C)[C@H]2[C@@H]1C)CNC(C)=O. The van der Waals surface area contributed by atoms with E-state index in [2.05, 4.69) is 46.0 Å². The van der Waals surface area contributed by atoms with Gasteiger partial charge < -0.3 is 20.3 Å². The van der Waals surface area contributed by atoms with E-state index >= 15 is 0 Å². The van der Waals surface area contributed by atoms with Gasteiger partial charge in [-0.2, -0.15) is 0 Å². The zero-order valence-corrected chi connectivity index (χ0v) is 24.3. The molecule has 1 saturated heterocycles. The van der Waals surface area contributed by atoms with Crippen molar-refractivity contribution in [1.29, 1.82) is 0 Å². The number of carbonyl (C=O) groups excluding carboxylic acids is 1. The van der Waals surface area contributed by atoms with Crippen molar-refractivity contribution in [3.05, 3.63) is 11.6 Å². The van der Waals surface area contributed by atoms with Crippen LogP contribution in [0.2, 0.25) is 0 Å². The Hall–Kier alpha value is -0.910. The van der Waals surface area contributed by atoms with Gasteiger partial charge in [0.05, 0.1) is 11.7 Å². The zero-order valence-electron chi connectivity index (χ0n) is 24.3.